The van der Waals surface area contributed by atoms with Crippen LogP contribution < -0.4 is 5.73 Å². The van der Waals surface area contributed by atoms with Crippen molar-refractivity contribution in [1.82, 2.24) is 0 Å². The van der Waals surface area contributed by atoms with Crippen molar-refractivity contribution in [3.8, 4) is 0 Å². The molecule has 0 radical (unpaired) electrons. The van der Waals surface area contributed by atoms with Gasteiger partial charge < -0.3 is 5.73 Å². The Hall–Kier alpha value is -1.02. The molecule has 0 bridgehead atoms. The number of anilines is 1. The molecule has 0 saturated carbocycles. The van der Waals surface area contributed by atoms with Crippen molar-refractivity contribution in [2.24, 2.45) is 0 Å². The molecule has 2 aromatic carbocycles. The molecule has 2 aromatic rings. The molecule has 0 aliphatic heterocycles. The Morgan fingerprint density at radius 1 is 1.08 bits per heavy atom. The van der Waals surface area contributed by atoms with E-state index < -0.39 is 0 Å². The molecule has 13 heavy (non-hydrogen) atoms. The number of nitrogen functional groups attached to an aromatic ring is 1. The summed E-state index contributed by atoms with van der Waals surface area (Å²) in [5.74, 6) is 0. The van der Waals surface area contributed by atoms with Gasteiger partial charge in [-0.1, -0.05) is 46.3 Å². The van der Waals surface area contributed by atoms with Crippen LogP contribution in [0, 0.1) is 0 Å². The van der Waals surface area contributed by atoms with Crippen LogP contribution in [-0.2, 0) is 5.33 Å². The van der Waals surface area contributed by atoms with Crippen molar-refractivity contribution in [1.29, 1.82) is 0 Å². The number of fused-ring (bicyclic) bond motifs is 1. The number of rotatable bonds is 1. The van der Waals surface area contributed by atoms with Crippen molar-refractivity contribution < 1.29 is 0 Å². The maximum atomic E-state index is 5.91. The highest BCUT2D eigenvalue weighted by atomic mass is 79.9. The monoisotopic (exact) mass is 235 g/mol. The molecule has 0 aliphatic carbocycles. The van der Waals surface area contributed by atoms with E-state index in [2.05, 4.69) is 40.2 Å². The Kier molecular flexibility index (Phi) is 2.23. The molecule has 0 aliphatic rings. The molecule has 0 saturated heterocycles. The average Bonchev–Trinajstić information content (AvgIpc) is 2.17. The molecule has 0 fully saturated rings. The minimum Gasteiger partial charge on any atom is -0.398 e. The molecule has 0 unspecified atom stereocenters. The van der Waals surface area contributed by atoms with Gasteiger partial charge in [0.1, 0.15) is 0 Å². The van der Waals surface area contributed by atoms with Crippen LogP contribution in [0.1, 0.15) is 5.56 Å². The van der Waals surface area contributed by atoms with Crippen molar-refractivity contribution in [3.05, 3.63) is 42.0 Å². The first kappa shape index (κ1) is 8.57. The third kappa shape index (κ3) is 1.42. The second-order valence-electron chi connectivity index (χ2n) is 3.00. The number of nitrogens with two attached hydrogens (primary N) is 1. The van der Waals surface area contributed by atoms with Crippen LogP contribution in [0.2, 0.25) is 0 Å². The highest BCUT2D eigenvalue weighted by molar-refractivity contribution is 9.08. The summed E-state index contributed by atoms with van der Waals surface area (Å²) >= 11 is 3.46. The van der Waals surface area contributed by atoms with Gasteiger partial charge in [-0.15, -0.1) is 0 Å². The molecule has 2 rings (SSSR count). The third-order valence-corrected chi connectivity index (χ3v) is 2.77. The van der Waals surface area contributed by atoms with E-state index in [4.69, 9.17) is 5.73 Å². The summed E-state index contributed by atoms with van der Waals surface area (Å²) in [4.78, 5) is 0. The van der Waals surface area contributed by atoms with Crippen LogP contribution in [0.25, 0.3) is 10.8 Å². The normalized spacial score (nSPS) is 10.5. The Balaban J connectivity index is 2.87. The van der Waals surface area contributed by atoms with Crippen LogP contribution >= 0.6 is 15.9 Å². The summed E-state index contributed by atoms with van der Waals surface area (Å²) in [5.41, 5.74) is 8.01. The number of halogens is 1. The van der Waals surface area contributed by atoms with Gasteiger partial charge in [0, 0.05) is 16.4 Å². The molecular formula is C11H10BrN. The maximum Gasteiger partial charge on any atom is 0.0396 e. The van der Waals surface area contributed by atoms with Crippen molar-refractivity contribution in [2.45, 2.75) is 5.33 Å². The summed E-state index contributed by atoms with van der Waals surface area (Å²) in [5, 5.41) is 3.22. The molecule has 0 spiro atoms. The first-order valence-electron chi connectivity index (χ1n) is 4.15. The van der Waals surface area contributed by atoms with Gasteiger partial charge in [-0.05, 0) is 17.0 Å². The largest absolute Gasteiger partial charge is 0.398 e. The molecular weight excluding hydrogens is 226 g/mol. The van der Waals surface area contributed by atoms with Gasteiger partial charge in [-0.25, -0.2) is 0 Å². The molecule has 0 amide bonds. The van der Waals surface area contributed by atoms with Crippen LogP contribution in [0.5, 0.6) is 0 Å². The summed E-state index contributed by atoms with van der Waals surface area (Å²) in [6.45, 7) is 0. The minimum atomic E-state index is 0.846. The van der Waals surface area contributed by atoms with E-state index in [9.17, 15) is 0 Å². The van der Waals surface area contributed by atoms with Crippen LogP contribution in [0.3, 0.4) is 0 Å². The smallest absolute Gasteiger partial charge is 0.0396 e. The molecule has 66 valence electrons. The summed E-state index contributed by atoms with van der Waals surface area (Å²) in [6.07, 6.45) is 0. The third-order valence-electron chi connectivity index (χ3n) is 2.17. The topological polar surface area (TPSA) is 26.0 Å². The summed E-state index contributed by atoms with van der Waals surface area (Å²) in [7, 11) is 0. The second kappa shape index (κ2) is 3.38. The first-order chi connectivity index (χ1) is 6.33. The van der Waals surface area contributed by atoms with Gasteiger partial charge in [-0.2, -0.15) is 0 Å². The van der Waals surface area contributed by atoms with Crippen molar-refractivity contribution in [2.75, 3.05) is 5.73 Å². The molecule has 1 nitrogen and oxygen atoms in total. The highest BCUT2D eigenvalue weighted by Crippen LogP contribution is 2.25. The van der Waals surface area contributed by atoms with Crippen LogP contribution in [-0.4, -0.2) is 0 Å². The predicted octanol–water partition coefficient (Wildman–Crippen LogP) is 3.32. The maximum absolute atomic E-state index is 5.91. The average molecular weight is 236 g/mol. The molecule has 0 aromatic heterocycles. The zero-order valence-corrected chi connectivity index (χ0v) is 8.71. The molecule has 2 N–H and O–H groups in total. The number of hydrogen-bond acceptors (Lipinski definition) is 1. The Labute approximate surface area is 85.7 Å². The van der Waals surface area contributed by atoms with Gasteiger partial charge in [0.2, 0.25) is 0 Å². The Morgan fingerprint density at radius 3 is 2.46 bits per heavy atom. The van der Waals surface area contributed by atoms with E-state index in [-0.39, 0.29) is 0 Å². The Morgan fingerprint density at radius 2 is 1.77 bits per heavy atom. The highest BCUT2D eigenvalue weighted by Gasteiger charge is 2.01. The van der Waals surface area contributed by atoms with Gasteiger partial charge in [0.25, 0.3) is 0 Å². The van der Waals surface area contributed by atoms with Gasteiger partial charge in [0.15, 0.2) is 0 Å². The summed E-state index contributed by atoms with van der Waals surface area (Å²) < 4.78 is 0. The SMILES string of the molecule is Nc1cccc2cccc(CBr)c12. The fourth-order valence-electron chi connectivity index (χ4n) is 1.56. The lowest BCUT2D eigenvalue weighted by molar-refractivity contribution is 1.49. The van der Waals surface area contributed by atoms with E-state index in [0.29, 0.717) is 0 Å². The fraction of sp³-hybridized carbons (Fsp3) is 0.0909. The lowest BCUT2D eigenvalue weighted by Crippen LogP contribution is -1.89. The van der Waals surface area contributed by atoms with Crippen molar-refractivity contribution >= 4 is 32.4 Å². The molecule has 2 heteroatoms. The zero-order valence-electron chi connectivity index (χ0n) is 7.13. The zero-order chi connectivity index (χ0) is 9.26. The molecule has 0 heterocycles. The van der Waals surface area contributed by atoms with E-state index in [1.807, 2.05) is 12.1 Å². The van der Waals surface area contributed by atoms with Crippen LogP contribution in [0.4, 0.5) is 5.69 Å². The van der Waals surface area contributed by atoms with E-state index in [0.717, 1.165) is 11.0 Å². The van der Waals surface area contributed by atoms with Gasteiger partial charge >= 0.3 is 0 Å². The van der Waals surface area contributed by atoms with Gasteiger partial charge in [0.05, 0.1) is 0 Å². The number of benzene rings is 2. The Bertz CT molecular complexity index is 432. The second-order valence-corrected chi connectivity index (χ2v) is 3.56. The quantitative estimate of drug-likeness (QED) is 0.596. The number of hydrogen-bond donors (Lipinski definition) is 1. The van der Waals surface area contributed by atoms with E-state index in [1.54, 1.807) is 0 Å². The van der Waals surface area contributed by atoms with Crippen LogP contribution in [0.15, 0.2) is 36.4 Å². The molecule has 0 atom stereocenters. The lowest BCUT2D eigenvalue weighted by Gasteiger charge is -2.05. The fourth-order valence-corrected chi connectivity index (χ4v) is 2.03. The minimum absolute atomic E-state index is 0.846. The van der Waals surface area contributed by atoms with E-state index in [1.165, 1.54) is 16.3 Å². The lowest BCUT2D eigenvalue weighted by atomic mass is 10.0. The standard InChI is InChI=1S/C11H10BrN/c12-7-9-5-1-3-8-4-2-6-10(13)11(8)9/h1-6H,7,13H2. The van der Waals surface area contributed by atoms with Crippen molar-refractivity contribution in [3.63, 3.8) is 0 Å². The summed E-state index contributed by atoms with van der Waals surface area (Å²) in [6, 6.07) is 12.2. The number of alkyl halides is 1. The predicted molar refractivity (Wildman–Crippen MR) is 61.0 cm³/mol. The first-order valence-corrected chi connectivity index (χ1v) is 5.27. The van der Waals surface area contributed by atoms with Gasteiger partial charge in [-0.3, -0.25) is 0 Å². The van der Waals surface area contributed by atoms with E-state index >= 15 is 0 Å².